The lowest BCUT2D eigenvalue weighted by Crippen LogP contribution is -2.16. The Morgan fingerprint density at radius 3 is 1.40 bits per heavy atom. The van der Waals surface area contributed by atoms with Crippen molar-refractivity contribution in [1.82, 2.24) is 0 Å². The molecule has 0 bridgehead atoms. The van der Waals surface area contributed by atoms with Crippen LogP contribution in [0.1, 0.15) is 49.9 Å². The van der Waals surface area contributed by atoms with Crippen molar-refractivity contribution in [3.8, 4) is 44.5 Å². The van der Waals surface area contributed by atoms with Gasteiger partial charge in [-0.2, -0.15) is 0 Å². The van der Waals surface area contributed by atoms with E-state index >= 15 is 0 Å². The molecule has 0 saturated carbocycles. The van der Waals surface area contributed by atoms with E-state index in [9.17, 15) is 0 Å². The molecule has 0 aliphatic heterocycles. The van der Waals surface area contributed by atoms with E-state index in [0.29, 0.717) is 0 Å². The van der Waals surface area contributed by atoms with Crippen LogP contribution in [-0.4, -0.2) is 0 Å². The molecule has 2 heterocycles. The van der Waals surface area contributed by atoms with Gasteiger partial charge in [0.1, 0.15) is 22.3 Å². The Morgan fingerprint density at radius 1 is 0.302 bits per heavy atom. The van der Waals surface area contributed by atoms with E-state index < -0.39 is 0 Å². The molecule has 0 N–H and O–H groups in total. The highest BCUT2D eigenvalue weighted by Crippen LogP contribution is 2.52. The van der Waals surface area contributed by atoms with Gasteiger partial charge < -0.3 is 13.7 Å². The van der Waals surface area contributed by atoms with Gasteiger partial charge >= 0.3 is 0 Å². The second kappa shape index (κ2) is 13.0. The summed E-state index contributed by atoms with van der Waals surface area (Å²) in [5, 5.41) is 4.23. The number of anilines is 3. The summed E-state index contributed by atoms with van der Waals surface area (Å²) in [5.41, 5.74) is 21.9. The molecule has 3 nitrogen and oxygen atoms in total. The van der Waals surface area contributed by atoms with Gasteiger partial charge in [0.25, 0.3) is 0 Å². The lowest BCUT2D eigenvalue weighted by molar-refractivity contribution is 0.660. The average Bonchev–Trinajstić information content (AvgIpc) is 4.00. The molecule has 0 saturated heterocycles. The highest BCUT2D eigenvalue weighted by molar-refractivity contribution is 6.15. The molecule has 3 heteroatoms. The van der Waals surface area contributed by atoms with E-state index in [2.05, 4.69) is 221 Å². The van der Waals surface area contributed by atoms with Crippen molar-refractivity contribution >= 4 is 60.9 Å². The number of nitrogens with zero attached hydrogens (tertiary/aromatic N) is 1. The number of furan rings is 2. The first-order chi connectivity index (χ1) is 30.7. The maximum Gasteiger partial charge on any atom is 0.137 e. The lowest BCUT2D eigenvalue weighted by Gasteiger charge is -2.28. The largest absolute Gasteiger partial charge is 0.456 e. The maximum atomic E-state index is 6.78. The predicted octanol–water partition coefficient (Wildman–Crippen LogP) is 16.9. The first kappa shape index (κ1) is 36.1. The third kappa shape index (κ3) is 5.26. The summed E-state index contributed by atoms with van der Waals surface area (Å²) in [7, 11) is 0. The van der Waals surface area contributed by atoms with Crippen LogP contribution in [-0.2, 0) is 10.8 Å². The molecule has 2 aromatic heterocycles. The van der Waals surface area contributed by atoms with Crippen molar-refractivity contribution in [2.24, 2.45) is 0 Å². The standard InChI is InChI=1S/C60H43NO2/c1-59(2)51-16-10-8-14-43(51)45-26-20-38(30-53(45)59)39-21-27-47-49-34-58-50(35-57(49)62-55(47)31-39)48-29-25-42(33-56(48)63-58)61(40-22-18-37(19-23-40)36-12-6-5-7-13-36)41-24-28-46-44-15-9-11-17-52(44)60(3,4)54(46)32-41/h5-35H,1-4H3. The Hall–Kier alpha value is -7.62. The molecular formula is C60H43NO2. The topological polar surface area (TPSA) is 29.5 Å². The summed E-state index contributed by atoms with van der Waals surface area (Å²) in [6.45, 7) is 9.35. The van der Waals surface area contributed by atoms with Crippen LogP contribution in [0, 0.1) is 0 Å². The first-order valence-corrected chi connectivity index (χ1v) is 22.0. The zero-order valence-electron chi connectivity index (χ0n) is 35.7. The van der Waals surface area contributed by atoms with Crippen LogP contribution in [0.15, 0.2) is 197 Å². The molecule has 0 radical (unpaired) electrons. The molecule has 300 valence electrons. The molecule has 2 aliphatic rings. The van der Waals surface area contributed by atoms with Gasteiger partial charge in [0, 0.05) is 55.5 Å². The van der Waals surface area contributed by atoms with Crippen LogP contribution >= 0.6 is 0 Å². The Balaban J connectivity index is 0.897. The van der Waals surface area contributed by atoms with Gasteiger partial charge in [0.2, 0.25) is 0 Å². The fourth-order valence-electron chi connectivity index (χ4n) is 10.9. The highest BCUT2D eigenvalue weighted by atomic mass is 16.3. The van der Waals surface area contributed by atoms with Gasteiger partial charge in [-0.25, -0.2) is 0 Å². The average molecular weight is 810 g/mol. The Kier molecular flexibility index (Phi) is 7.42. The van der Waals surface area contributed by atoms with Crippen molar-refractivity contribution in [1.29, 1.82) is 0 Å². The molecule has 2 aliphatic carbocycles. The van der Waals surface area contributed by atoms with Crippen molar-refractivity contribution < 1.29 is 8.83 Å². The third-order valence-corrected chi connectivity index (χ3v) is 14.3. The zero-order chi connectivity index (χ0) is 42.2. The highest BCUT2D eigenvalue weighted by Gasteiger charge is 2.37. The van der Waals surface area contributed by atoms with Crippen molar-refractivity contribution in [3.63, 3.8) is 0 Å². The smallest absolute Gasteiger partial charge is 0.137 e. The van der Waals surface area contributed by atoms with Crippen LogP contribution in [0.3, 0.4) is 0 Å². The van der Waals surface area contributed by atoms with E-state index in [0.717, 1.165) is 66.5 Å². The van der Waals surface area contributed by atoms with Crippen LogP contribution in [0.25, 0.3) is 88.4 Å². The quantitative estimate of drug-likeness (QED) is 0.173. The molecule has 0 unspecified atom stereocenters. The van der Waals surface area contributed by atoms with E-state index in [4.69, 9.17) is 8.83 Å². The Labute approximate surface area is 366 Å². The monoisotopic (exact) mass is 809 g/mol. The van der Waals surface area contributed by atoms with Gasteiger partial charge in [-0.1, -0.05) is 143 Å². The molecule has 9 aromatic carbocycles. The third-order valence-electron chi connectivity index (χ3n) is 14.3. The summed E-state index contributed by atoms with van der Waals surface area (Å²) in [4.78, 5) is 2.36. The number of benzene rings is 9. The van der Waals surface area contributed by atoms with Gasteiger partial charge in [-0.05, 0) is 133 Å². The molecule has 0 spiro atoms. The molecule has 0 fully saturated rings. The van der Waals surface area contributed by atoms with Crippen LogP contribution < -0.4 is 4.90 Å². The van der Waals surface area contributed by atoms with Gasteiger partial charge in [-0.15, -0.1) is 0 Å². The summed E-state index contributed by atoms with van der Waals surface area (Å²) < 4.78 is 13.5. The van der Waals surface area contributed by atoms with Crippen LogP contribution in [0.5, 0.6) is 0 Å². The fraction of sp³-hybridized carbons (Fsp3) is 0.100. The molecule has 13 rings (SSSR count). The molecule has 63 heavy (non-hydrogen) atoms. The minimum Gasteiger partial charge on any atom is -0.456 e. The van der Waals surface area contributed by atoms with Crippen molar-refractivity contribution in [2.45, 2.75) is 38.5 Å². The summed E-state index contributed by atoms with van der Waals surface area (Å²) in [6.07, 6.45) is 0. The molecular weight excluding hydrogens is 767 g/mol. The number of hydrogen-bond donors (Lipinski definition) is 0. The second-order valence-corrected chi connectivity index (χ2v) is 18.5. The van der Waals surface area contributed by atoms with E-state index in [1.165, 1.54) is 61.2 Å². The SMILES string of the molecule is CC1(C)c2ccccc2-c2ccc(-c3ccc4c(c3)oc3cc5c(cc34)oc3cc(N(c4ccc(-c6ccccc6)cc4)c4ccc6c(c4)C(C)(C)c4ccccc4-6)ccc35)cc21. The van der Waals surface area contributed by atoms with Gasteiger partial charge in [-0.3, -0.25) is 0 Å². The minimum atomic E-state index is -0.123. The first-order valence-electron chi connectivity index (χ1n) is 22.0. The van der Waals surface area contributed by atoms with E-state index in [1.807, 2.05) is 0 Å². The predicted molar refractivity (Wildman–Crippen MR) is 262 cm³/mol. The summed E-state index contributed by atoms with van der Waals surface area (Å²) in [6, 6.07) is 68.5. The second-order valence-electron chi connectivity index (χ2n) is 18.5. The zero-order valence-corrected chi connectivity index (χ0v) is 35.7. The Bertz CT molecular complexity index is 3680. The molecule has 0 amide bonds. The van der Waals surface area contributed by atoms with Crippen LogP contribution in [0.4, 0.5) is 17.1 Å². The lowest BCUT2D eigenvalue weighted by atomic mass is 9.81. The van der Waals surface area contributed by atoms with Gasteiger partial charge in [0.15, 0.2) is 0 Å². The van der Waals surface area contributed by atoms with Crippen molar-refractivity contribution in [2.75, 3.05) is 4.90 Å². The summed E-state index contributed by atoms with van der Waals surface area (Å²) >= 11 is 0. The van der Waals surface area contributed by atoms with Crippen LogP contribution in [0.2, 0.25) is 0 Å². The molecule has 0 atom stereocenters. The maximum absolute atomic E-state index is 6.78. The normalized spacial score (nSPS) is 14.3. The minimum absolute atomic E-state index is 0.0541. The van der Waals surface area contributed by atoms with E-state index in [1.54, 1.807) is 0 Å². The van der Waals surface area contributed by atoms with Crippen molar-refractivity contribution in [3.05, 3.63) is 210 Å². The van der Waals surface area contributed by atoms with Gasteiger partial charge in [0.05, 0.1) is 0 Å². The molecule has 11 aromatic rings. The van der Waals surface area contributed by atoms with E-state index in [-0.39, 0.29) is 10.8 Å². The number of rotatable bonds is 5. The Morgan fingerprint density at radius 2 is 0.730 bits per heavy atom. The fourth-order valence-corrected chi connectivity index (χ4v) is 10.9. The summed E-state index contributed by atoms with van der Waals surface area (Å²) in [5.74, 6) is 0. The number of fused-ring (bicyclic) bond motifs is 12. The number of hydrogen-bond acceptors (Lipinski definition) is 3.